The zero-order chi connectivity index (χ0) is 20.1. The molecule has 0 atom stereocenters. The highest BCUT2D eigenvalue weighted by Crippen LogP contribution is 2.17. The van der Waals surface area contributed by atoms with Crippen LogP contribution in [0.1, 0.15) is 26.3 Å². The van der Waals surface area contributed by atoms with E-state index in [0.717, 1.165) is 5.56 Å². The minimum absolute atomic E-state index is 0.0914. The molecular formula is C21H17N3O4. The number of nitrogens with one attached hydrogen (secondary N) is 2. The smallest absolute Gasteiger partial charge is 0.269 e. The molecular weight excluding hydrogens is 358 g/mol. The number of carbonyl (C=O) groups is 2. The van der Waals surface area contributed by atoms with Crippen LogP contribution in [0.25, 0.3) is 0 Å². The van der Waals surface area contributed by atoms with Crippen molar-refractivity contribution in [3.05, 3.63) is 99.6 Å². The molecule has 0 saturated carbocycles. The highest BCUT2D eigenvalue weighted by molar-refractivity contribution is 6.07. The Kier molecular flexibility index (Phi) is 5.45. The maximum atomic E-state index is 12.4. The number of carbonyl (C=O) groups excluding carboxylic acids is 2. The lowest BCUT2D eigenvalue weighted by Crippen LogP contribution is -2.14. The first-order valence-corrected chi connectivity index (χ1v) is 8.46. The molecule has 140 valence electrons. The van der Waals surface area contributed by atoms with Gasteiger partial charge < -0.3 is 10.6 Å². The van der Waals surface area contributed by atoms with Gasteiger partial charge >= 0.3 is 0 Å². The lowest BCUT2D eigenvalue weighted by molar-refractivity contribution is -0.384. The molecule has 3 aromatic rings. The molecule has 7 heteroatoms. The van der Waals surface area contributed by atoms with Crippen LogP contribution in [0, 0.1) is 17.0 Å². The van der Waals surface area contributed by atoms with E-state index in [1.807, 2.05) is 31.2 Å². The Hall–Kier alpha value is -4.00. The molecule has 0 spiro atoms. The van der Waals surface area contributed by atoms with Gasteiger partial charge in [-0.3, -0.25) is 19.7 Å². The number of rotatable bonds is 5. The molecule has 28 heavy (non-hydrogen) atoms. The number of amides is 2. The minimum atomic E-state index is -0.530. The number of aryl methyl sites for hydroxylation is 1. The third kappa shape index (κ3) is 4.59. The van der Waals surface area contributed by atoms with E-state index in [4.69, 9.17) is 0 Å². The van der Waals surface area contributed by atoms with E-state index in [2.05, 4.69) is 10.6 Å². The van der Waals surface area contributed by atoms with Crippen LogP contribution in [-0.2, 0) is 0 Å². The van der Waals surface area contributed by atoms with Crippen LogP contribution in [0.2, 0.25) is 0 Å². The van der Waals surface area contributed by atoms with Crippen LogP contribution < -0.4 is 10.6 Å². The number of non-ortho nitro benzene ring substituents is 1. The van der Waals surface area contributed by atoms with Crippen molar-refractivity contribution in [1.29, 1.82) is 0 Å². The molecule has 2 N–H and O–H groups in total. The van der Waals surface area contributed by atoms with E-state index >= 15 is 0 Å². The SMILES string of the molecule is Cc1ccc(NC(=O)c2cccc(NC(=O)c3ccc([N+](=O)[O-])cc3)c2)cc1. The molecule has 0 fully saturated rings. The fourth-order valence-electron chi connectivity index (χ4n) is 2.52. The van der Waals surface area contributed by atoms with Crippen molar-refractivity contribution < 1.29 is 14.5 Å². The van der Waals surface area contributed by atoms with Gasteiger partial charge in [-0.25, -0.2) is 0 Å². The molecule has 0 unspecified atom stereocenters. The Balaban J connectivity index is 1.70. The summed E-state index contributed by atoms with van der Waals surface area (Å²) in [5.74, 6) is -0.721. The summed E-state index contributed by atoms with van der Waals surface area (Å²) in [6.45, 7) is 1.96. The van der Waals surface area contributed by atoms with Crippen molar-refractivity contribution in [1.82, 2.24) is 0 Å². The van der Waals surface area contributed by atoms with E-state index in [1.165, 1.54) is 24.3 Å². The largest absolute Gasteiger partial charge is 0.322 e. The van der Waals surface area contributed by atoms with Crippen molar-refractivity contribution in [2.75, 3.05) is 10.6 Å². The summed E-state index contributed by atoms with van der Waals surface area (Å²) in [7, 11) is 0. The van der Waals surface area contributed by atoms with Crippen LogP contribution in [0.3, 0.4) is 0 Å². The van der Waals surface area contributed by atoms with Gasteiger partial charge in [0, 0.05) is 34.6 Å². The Morgan fingerprint density at radius 2 is 1.39 bits per heavy atom. The van der Waals surface area contributed by atoms with E-state index in [-0.39, 0.29) is 17.2 Å². The van der Waals surface area contributed by atoms with Gasteiger partial charge in [-0.05, 0) is 49.4 Å². The molecule has 0 radical (unpaired) electrons. The number of benzene rings is 3. The van der Waals surface area contributed by atoms with Crippen LogP contribution in [0.5, 0.6) is 0 Å². The third-order valence-corrected chi connectivity index (χ3v) is 4.03. The van der Waals surface area contributed by atoms with Crippen molar-refractivity contribution in [2.45, 2.75) is 6.92 Å². The van der Waals surface area contributed by atoms with E-state index in [0.29, 0.717) is 16.9 Å². The molecule has 0 aliphatic carbocycles. The molecule has 0 aromatic heterocycles. The monoisotopic (exact) mass is 375 g/mol. The van der Waals surface area contributed by atoms with Gasteiger partial charge in [0.15, 0.2) is 0 Å². The van der Waals surface area contributed by atoms with Crippen molar-refractivity contribution in [3.63, 3.8) is 0 Å². The molecule has 0 aliphatic rings. The third-order valence-electron chi connectivity index (χ3n) is 4.03. The standard InChI is InChI=1S/C21H17N3O4/c1-14-5-9-17(10-6-14)22-21(26)16-3-2-4-18(13-16)23-20(25)15-7-11-19(12-8-15)24(27)28/h2-13H,1H3,(H,22,26)(H,23,25). The first-order valence-electron chi connectivity index (χ1n) is 8.46. The maximum absolute atomic E-state index is 12.4. The second-order valence-electron chi connectivity index (χ2n) is 6.16. The predicted molar refractivity (Wildman–Crippen MR) is 107 cm³/mol. The van der Waals surface area contributed by atoms with Crippen LogP contribution in [-0.4, -0.2) is 16.7 Å². The molecule has 0 heterocycles. The van der Waals surface area contributed by atoms with Gasteiger partial charge in [0.1, 0.15) is 0 Å². The number of nitro benzene ring substituents is 1. The molecule has 2 amide bonds. The fourth-order valence-corrected chi connectivity index (χ4v) is 2.52. The maximum Gasteiger partial charge on any atom is 0.269 e. The number of hydrogen-bond donors (Lipinski definition) is 2. The Morgan fingerprint density at radius 3 is 2.04 bits per heavy atom. The Morgan fingerprint density at radius 1 is 0.786 bits per heavy atom. The number of hydrogen-bond acceptors (Lipinski definition) is 4. The average molecular weight is 375 g/mol. The van der Waals surface area contributed by atoms with E-state index in [9.17, 15) is 19.7 Å². The minimum Gasteiger partial charge on any atom is -0.322 e. The molecule has 0 bridgehead atoms. The summed E-state index contributed by atoms with van der Waals surface area (Å²) >= 11 is 0. The zero-order valence-corrected chi connectivity index (χ0v) is 15.0. The summed E-state index contributed by atoms with van der Waals surface area (Å²) in [6, 6.07) is 19.2. The predicted octanol–water partition coefficient (Wildman–Crippen LogP) is 4.41. The summed E-state index contributed by atoms with van der Waals surface area (Å²) in [5.41, 5.74) is 2.79. The quantitative estimate of drug-likeness (QED) is 0.509. The number of nitrogens with zero attached hydrogens (tertiary/aromatic N) is 1. The normalized spacial score (nSPS) is 10.2. The van der Waals surface area contributed by atoms with Gasteiger partial charge in [0.25, 0.3) is 17.5 Å². The van der Waals surface area contributed by atoms with Gasteiger partial charge in [-0.2, -0.15) is 0 Å². The van der Waals surface area contributed by atoms with E-state index in [1.54, 1.807) is 24.3 Å². The van der Waals surface area contributed by atoms with Crippen LogP contribution in [0.15, 0.2) is 72.8 Å². The second-order valence-corrected chi connectivity index (χ2v) is 6.16. The first kappa shape index (κ1) is 18.8. The second kappa shape index (κ2) is 8.13. The Labute approximate surface area is 161 Å². The molecule has 7 nitrogen and oxygen atoms in total. The van der Waals surface area contributed by atoms with Gasteiger partial charge in [0.2, 0.25) is 0 Å². The first-order chi connectivity index (χ1) is 13.4. The number of nitro groups is 1. The lowest BCUT2D eigenvalue weighted by atomic mass is 10.1. The average Bonchev–Trinajstić information content (AvgIpc) is 2.70. The van der Waals surface area contributed by atoms with Crippen molar-refractivity contribution >= 4 is 28.9 Å². The molecule has 3 aromatic carbocycles. The lowest BCUT2D eigenvalue weighted by Gasteiger charge is -2.09. The summed E-state index contributed by atoms with van der Waals surface area (Å²) in [6.07, 6.45) is 0. The van der Waals surface area contributed by atoms with Gasteiger partial charge in [0.05, 0.1) is 4.92 Å². The summed E-state index contributed by atoms with van der Waals surface area (Å²) in [5, 5.41) is 16.2. The molecule has 0 saturated heterocycles. The highest BCUT2D eigenvalue weighted by Gasteiger charge is 2.11. The topological polar surface area (TPSA) is 101 Å². The molecule has 0 aliphatic heterocycles. The highest BCUT2D eigenvalue weighted by atomic mass is 16.6. The van der Waals surface area contributed by atoms with Crippen molar-refractivity contribution in [2.24, 2.45) is 0 Å². The van der Waals surface area contributed by atoms with Crippen LogP contribution in [0.4, 0.5) is 17.1 Å². The summed E-state index contributed by atoms with van der Waals surface area (Å²) < 4.78 is 0. The zero-order valence-electron chi connectivity index (χ0n) is 15.0. The molecule has 3 rings (SSSR count). The summed E-state index contributed by atoms with van der Waals surface area (Å²) in [4.78, 5) is 34.9. The number of anilines is 2. The fraction of sp³-hybridized carbons (Fsp3) is 0.0476. The van der Waals surface area contributed by atoms with E-state index < -0.39 is 10.8 Å². The van der Waals surface area contributed by atoms with Crippen LogP contribution >= 0.6 is 0 Å². The van der Waals surface area contributed by atoms with Gasteiger partial charge in [-0.15, -0.1) is 0 Å². The Bertz CT molecular complexity index is 1030. The van der Waals surface area contributed by atoms with Gasteiger partial charge in [-0.1, -0.05) is 23.8 Å². The van der Waals surface area contributed by atoms with Crippen molar-refractivity contribution in [3.8, 4) is 0 Å².